The second-order valence-corrected chi connectivity index (χ2v) is 11.1. The predicted molar refractivity (Wildman–Crippen MR) is 124 cm³/mol. The Morgan fingerprint density at radius 1 is 1.38 bits per heavy atom. The first-order chi connectivity index (χ1) is 18.2. The fraction of sp³-hybridized carbons (Fsp3) is 0.545. The predicted octanol–water partition coefficient (Wildman–Crippen LogP) is 4.12. The largest absolute Gasteiger partial charge is 0.475 e. The number of aliphatic hydroxyl groups is 1. The van der Waals surface area contributed by atoms with Crippen LogP contribution in [-0.4, -0.2) is 71.7 Å². The van der Waals surface area contributed by atoms with E-state index in [9.17, 15) is 32.4 Å². The van der Waals surface area contributed by atoms with Crippen molar-refractivity contribution in [2.45, 2.75) is 62.4 Å². The SMILES string of the molecule is C[C@@]1(F)[C@H](OC(=O)CC(F)(F)F)[C@@H](CO[P@@]2(=O)OCC[C@@H](c3cccc(Cl)c3)O2)O[C@H]1N1C=C[C@@H](O)NC1=O. The third-order valence-corrected chi connectivity index (χ3v) is 7.69. The molecule has 1 aromatic carbocycles. The molecule has 0 aromatic heterocycles. The smallest absolute Gasteiger partial charge is 0.456 e. The molecule has 4 rings (SSSR count). The summed E-state index contributed by atoms with van der Waals surface area (Å²) in [7, 11) is -4.32. The highest BCUT2D eigenvalue weighted by molar-refractivity contribution is 7.48. The quantitative estimate of drug-likeness (QED) is 0.269. The highest BCUT2D eigenvalue weighted by Crippen LogP contribution is 2.57. The molecule has 0 radical (unpaired) electrons. The molecule has 7 atom stereocenters. The molecule has 3 aliphatic heterocycles. The topological polar surface area (TPSA) is 133 Å². The summed E-state index contributed by atoms with van der Waals surface area (Å²) in [6.45, 7) is -0.0317. The summed E-state index contributed by atoms with van der Waals surface area (Å²) in [6.07, 6.45) is -12.2. The van der Waals surface area contributed by atoms with Gasteiger partial charge in [0.25, 0.3) is 0 Å². The van der Waals surface area contributed by atoms with Gasteiger partial charge in [-0.15, -0.1) is 0 Å². The first-order valence-corrected chi connectivity index (χ1v) is 13.4. The lowest BCUT2D eigenvalue weighted by atomic mass is 9.97. The van der Waals surface area contributed by atoms with Crippen LogP contribution in [0.5, 0.6) is 0 Å². The molecule has 11 nitrogen and oxygen atoms in total. The molecule has 2 N–H and O–H groups in total. The summed E-state index contributed by atoms with van der Waals surface area (Å²) in [5, 5.41) is 12.0. The Balaban J connectivity index is 1.53. The van der Waals surface area contributed by atoms with E-state index >= 15 is 4.39 Å². The number of carbonyl (C=O) groups is 2. The van der Waals surface area contributed by atoms with Gasteiger partial charge in [0.05, 0.1) is 19.3 Å². The summed E-state index contributed by atoms with van der Waals surface area (Å²) >= 11 is 6.00. The number of nitrogens with one attached hydrogen (secondary N) is 1. The van der Waals surface area contributed by atoms with E-state index in [1.54, 1.807) is 24.3 Å². The van der Waals surface area contributed by atoms with Crippen molar-refractivity contribution in [2.24, 2.45) is 0 Å². The summed E-state index contributed by atoms with van der Waals surface area (Å²) in [6, 6.07) is 5.54. The molecule has 2 fully saturated rings. The lowest BCUT2D eigenvalue weighted by Gasteiger charge is -2.34. The average molecular weight is 603 g/mol. The van der Waals surface area contributed by atoms with Crippen molar-refractivity contribution in [1.82, 2.24) is 10.2 Å². The lowest BCUT2D eigenvalue weighted by molar-refractivity contribution is -0.182. The van der Waals surface area contributed by atoms with Crippen molar-refractivity contribution < 1.29 is 59.9 Å². The van der Waals surface area contributed by atoms with Gasteiger partial charge < -0.3 is 19.9 Å². The minimum absolute atomic E-state index is 0.0610. The molecule has 3 heterocycles. The number of aliphatic hydroxyl groups excluding tert-OH is 1. The standard InChI is InChI=1S/C22H24ClF4N2O9P/c1-21(24)18(37-17(31)10-22(25,26)27)15(36-19(21)29-7-5-16(30)28-20(29)32)11-35-39(33)34-8-6-14(38-39)12-3-2-4-13(23)9-12/h2-5,7,9,14-16,18-19,30H,6,8,10-11H2,1H3,(H,28,32)/t14-,15+,16+,18+,19+,21+,39+/m0/s1. The molecule has 0 bridgehead atoms. The van der Waals surface area contributed by atoms with Crippen LogP contribution in [0, 0.1) is 0 Å². The Hall–Kier alpha value is -2.26. The van der Waals surface area contributed by atoms with Gasteiger partial charge in [0, 0.05) is 17.6 Å². The number of benzene rings is 1. The maximum Gasteiger partial charge on any atom is 0.475 e. The average Bonchev–Trinajstić information content (AvgIpc) is 3.06. The van der Waals surface area contributed by atoms with Gasteiger partial charge in [0.2, 0.25) is 0 Å². The maximum absolute atomic E-state index is 16.0. The van der Waals surface area contributed by atoms with Crippen LogP contribution in [0.2, 0.25) is 5.02 Å². The van der Waals surface area contributed by atoms with E-state index in [1.807, 2.05) is 0 Å². The minimum Gasteiger partial charge on any atom is -0.456 e. The van der Waals surface area contributed by atoms with Crippen LogP contribution >= 0.6 is 19.4 Å². The van der Waals surface area contributed by atoms with Crippen molar-refractivity contribution in [3.63, 3.8) is 0 Å². The molecule has 0 saturated carbocycles. The Morgan fingerprint density at radius 2 is 2.13 bits per heavy atom. The van der Waals surface area contributed by atoms with Gasteiger partial charge in [-0.3, -0.25) is 23.3 Å². The number of amides is 2. The van der Waals surface area contributed by atoms with Gasteiger partial charge in [-0.25, -0.2) is 13.8 Å². The van der Waals surface area contributed by atoms with Crippen LogP contribution in [-0.2, 0) is 32.4 Å². The van der Waals surface area contributed by atoms with Crippen LogP contribution in [0.4, 0.5) is 22.4 Å². The van der Waals surface area contributed by atoms with E-state index < -0.39 is 75.5 Å². The van der Waals surface area contributed by atoms with Gasteiger partial charge >= 0.3 is 26.0 Å². The third-order valence-electron chi connectivity index (χ3n) is 5.97. The monoisotopic (exact) mass is 602 g/mol. The molecule has 3 aliphatic rings. The van der Waals surface area contributed by atoms with E-state index in [-0.39, 0.29) is 13.0 Å². The molecule has 1 aromatic rings. The van der Waals surface area contributed by atoms with Crippen molar-refractivity contribution in [3.8, 4) is 0 Å². The van der Waals surface area contributed by atoms with Crippen LogP contribution in [0.3, 0.4) is 0 Å². The van der Waals surface area contributed by atoms with E-state index in [1.165, 1.54) is 0 Å². The highest BCUT2D eigenvalue weighted by Gasteiger charge is 2.60. The van der Waals surface area contributed by atoms with Crippen LogP contribution in [0.25, 0.3) is 0 Å². The Bertz CT molecular complexity index is 1170. The van der Waals surface area contributed by atoms with Crippen LogP contribution in [0.1, 0.15) is 31.4 Å². The number of urea groups is 1. The number of ether oxygens (including phenoxy) is 2. The molecule has 0 unspecified atom stereocenters. The van der Waals surface area contributed by atoms with E-state index in [2.05, 4.69) is 5.32 Å². The molecule has 2 amide bonds. The first-order valence-electron chi connectivity index (χ1n) is 11.6. The van der Waals surface area contributed by atoms with Crippen molar-refractivity contribution >= 4 is 31.4 Å². The number of rotatable bonds is 7. The number of phosphoric ester groups is 1. The molecular formula is C22H24ClF4N2O9P. The Labute approximate surface area is 224 Å². The highest BCUT2D eigenvalue weighted by atomic mass is 35.5. The third kappa shape index (κ3) is 7.09. The Kier molecular flexibility index (Phi) is 8.62. The van der Waals surface area contributed by atoms with Crippen molar-refractivity contribution in [2.75, 3.05) is 13.2 Å². The lowest BCUT2D eigenvalue weighted by Crippen LogP contribution is -2.56. The second kappa shape index (κ2) is 11.3. The Morgan fingerprint density at radius 3 is 2.79 bits per heavy atom. The van der Waals surface area contributed by atoms with E-state index in [4.69, 9.17) is 34.6 Å². The molecular weight excluding hydrogens is 579 g/mol. The zero-order valence-corrected chi connectivity index (χ0v) is 21.8. The normalized spacial score (nSPS) is 35.1. The number of hydrogen-bond acceptors (Lipinski definition) is 9. The summed E-state index contributed by atoms with van der Waals surface area (Å²) in [5.41, 5.74) is -2.21. The maximum atomic E-state index is 16.0. The number of carbonyl (C=O) groups excluding carboxylic acids is 2. The summed E-state index contributed by atoms with van der Waals surface area (Å²) < 4.78 is 93.8. The van der Waals surface area contributed by atoms with Gasteiger partial charge in [0.15, 0.2) is 18.0 Å². The van der Waals surface area contributed by atoms with Crippen LogP contribution < -0.4 is 5.32 Å². The molecule has 216 valence electrons. The van der Waals surface area contributed by atoms with E-state index in [0.717, 1.165) is 19.2 Å². The zero-order valence-electron chi connectivity index (χ0n) is 20.2. The molecule has 0 spiro atoms. The van der Waals surface area contributed by atoms with E-state index in [0.29, 0.717) is 15.5 Å². The number of alkyl halides is 4. The van der Waals surface area contributed by atoms with Crippen molar-refractivity contribution in [1.29, 1.82) is 0 Å². The fourth-order valence-electron chi connectivity index (χ4n) is 4.23. The minimum atomic E-state index is -4.94. The molecule has 2 saturated heterocycles. The first kappa shape index (κ1) is 29.7. The van der Waals surface area contributed by atoms with Crippen molar-refractivity contribution in [3.05, 3.63) is 47.1 Å². The number of nitrogens with zero attached hydrogens (tertiary/aromatic N) is 1. The van der Waals surface area contributed by atoms with Gasteiger partial charge in [0.1, 0.15) is 18.8 Å². The zero-order chi connectivity index (χ0) is 28.6. The van der Waals surface area contributed by atoms with Gasteiger partial charge in [-0.05, 0) is 30.7 Å². The fourth-order valence-corrected chi connectivity index (χ4v) is 5.82. The molecule has 39 heavy (non-hydrogen) atoms. The molecule has 17 heteroatoms. The number of esters is 1. The summed E-state index contributed by atoms with van der Waals surface area (Å²) in [5.74, 6) is -1.81. The number of phosphoric acid groups is 1. The van der Waals surface area contributed by atoms with Crippen LogP contribution in [0.15, 0.2) is 36.5 Å². The van der Waals surface area contributed by atoms with Gasteiger partial charge in [-0.1, -0.05) is 23.7 Å². The number of hydrogen-bond donors (Lipinski definition) is 2. The van der Waals surface area contributed by atoms with Gasteiger partial charge in [-0.2, -0.15) is 13.2 Å². The summed E-state index contributed by atoms with van der Waals surface area (Å²) in [4.78, 5) is 25.0. The molecule has 0 aliphatic carbocycles. The second-order valence-electron chi connectivity index (χ2n) is 9.04. The number of halogens is 5.